The number of halogens is 4. The van der Waals surface area contributed by atoms with E-state index >= 15 is 0 Å². The Morgan fingerprint density at radius 3 is 2.53 bits per heavy atom. The SMILES string of the molecule is Cc1nnc(N2CCN(CCCC(=O)N3CCC(Nc4ccc(Cl)c(SC(F)(F)F)c4)CC3)CC2)s1. The summed E-state index contributed by atoms with van der Waals surface area (Å²) in [5.74, 6) is 0.173. The van der Waals surface area contributed by atoms with Crippen LogP contribution in [0.2, 0.25) is 5.02 Å². The number of hydrogen-bond acceptors (Lipinski definition) is 8. The van der Waals surface area contributed by atoms with E-state index in [0.29, 0.717) is 25.2 Å². The van der Waals surface area contributed by atoms with Gasteiger partial charge in [0.05, 0.1) is 5.02 Å². The van der Waals surface area contributed by atoms with Crippen LogP contribution in [-0.2, 0) is 4.79 Å². The van der Waals surface area contributed by atoms with Crippen LogP contribution in [0.3, 0.4) is 0 Å². The molecule has 3 heterocycles. The quantitative estimate of drug-likeness (QED) is 0.448. The van der Waals surface area contributed by atoms with Gasteiger partial charge in [0.2, 0.25) is 11.0 Å². The van der Waals surface area contributed by atoms with Crippen LogP contribution in [-0.4, -0.2) is 83.3 Å². The lowest BCUT2D eigenvalue weighted by molar-refractivity contribution is -0.132. The van der Waals surface area contributed by atoms with Gasteiger partial charge in [-0.25, -0.2) is 0 Å². The fourth-order valence-electron chi connectivity index (χ4n) is 4.49. The topological polar surface area (TPSA) is 64.6 Å². The highest BCUT2D eigenvalue weighted by Gasteiger charge is 2.31. The summed E-state index contributed by atoms with van der Waals surface area (Å²) in [6.45, 7) is 7.92. The summed E-state index contributed by atoms with van der Waals surface area (Å²) in [6, 6.07) is 4.71. The minimum absolute atomic E-state index is 0.0153. The molecule has 2 fully saturated rings. The van der Waals surface area contributed by atoms with Gasteiger partial charge in [-0.1, -0.05) is 22.9 Å². The number of carbonyl (C=O) groups excluding carboxylic acids is 1. The number of amides is 1. The molecule has 7 nitrogen and oxygen atoms in total. The summed E-state index contributed by atoms with van der Waals surface area (Å²) in [5, 5.41) is 13.7. The Morgan fingerprint density at radius 2 is 1.89 bits per heavy atom. The van der Waals surface area contributed by atoms with Crippen molar-refractivity contribution >= 4 is 51.4 Å². The van der Waals surface area contributed by atoms with Gasteiger partial charge < -0.3 is 15.1 Å². The van der Waals surface area contributed by atoms with Crippen LogP contribution in [0.5, 0.6) is 0 Å². The number of anilines is 2. The lowest BCUT2D eigenvalue weighted by atomic mass is 10.0. The Hall–Kier alpha value is -1.76. The van der Waals surface area contributed by atoms with Crippen LogP contribution in [0.25, 0.3) is 0 Å². The predicted octanol–water partition coefficient (Wildman–Crippen LogP) is 5.12. The van der Waals surface area contributed by atoms with Crippen LogP contribution in [0.1, 0.15) is 30.7 Å². The molecule has 36 heavy (non-hydrogen) atoms. The number of aryl methyl sites for hydroxylation is 1. The number of aromatic nitrogens is 2. The van der Waals surface area contributed by atoms with E-state index in [1.165, 1.54) is 12.1 Å². The zero-order chi connectivity index (χ0) is 25.7. The zero-order valence-electron chi connectivity index (χ0n) is 20.1. The number of piperidine rings is 1. The van der Waals surface area contributed by atoms with Crippen LogP contribution in [0.15, 0.2) is 23.1 Å². The van der Waals surface area contributed by atoms with Crippen molar-refractivity contribution < 1.29 is 18.0 Å². The largest absolute Gasteiger partial charge is 0.446 e. The van der Waals surface area contributed by atoms with Crippen molar-refractivity contribution in [3.63, 3.8) is 0 Å². The molecule has 1 N–H and O–H groups in total. The minimum Gasteiger partial charge on any atom is -0.382 e. The molecular weight excluding hydrogens is 533 g/mol. The number of carbonyl (C=O) groups is 1. The summed E-state index contributed by atoms with van der Waals surface area (Å²) in [5.41, 5.74) is -3.78. The highest BCUT2D eigenvalue weighted by Crippen LogP contribution is 2.41. The first-order chi connectivity index (χ1) is 17.2. The predicted molar refractivity (Wildman–Crippen MR) is 139 cm³/mol. The Labute approximate surface area is 222 Å². The zero-order valence-corrected chi connectivity index (χ0v) is 22.4. The van der Waals surface area contributed by atoms with Gasteiger partial charge in [0.1, 0.15) is 5.01 Å². The monoisotopic (exact) mass is 562 g/mol. The molecule has 2 saturated heterocycles. The van der Waals surface area contributed by atoms with Gasteiger partial charge >= 0.3 is 5.51 Å². The summed E-state index contributed by atoms with van der Waals surface area (Å²) in [6.07, 6.45) is 2.87. The van der Waals surface area contributed by atoms with Crippen molar-refractivity contribution in [3.05, 3.63) is 28.2 Å². The van der Waals surface area contributed by atoms with Gasteiger partial charge in [-0.05, 0) is 62.7 Å². The molecule has 2 aliphatic heterocycles. The molecule has 0 radical (unpaired) electrons. The molecule has 0 aliphatic carbocycles. The molecule has 2 aliphatic rings. The smallest absolute Gasteiger partial charge is 0.382 e. The van der Waals surface area contributed by atoms with Gasteiger partial charge in [0.15, 0.2) is 0 Å². The second-order valence-corrected chi connectivity index (χ2v) is 11.7. The fraction of sp³-hybridized carbons (Fsp3) is 0.609. The Kier molecular flexibility index (Phi) is 9.24. The van der Waals surface area contributed by atoms with Crippen molar-refractivity contribution in [1.29, 1.82) is 0 Å². The maximum absolute atomic E-state index is 12.7. The molecule has 1 amide bonds. The van der Waals surface area contributed by atoms with E-state index in [2.05, 4.69) is 25.3 Å². The standard InChI is InChI=1S/C23H30ClF3N6OS2/c1-16-29-30-22(35-16)33-13-11-31(12-14-33)8-2-3-21(34)32-9-6-17(7-10-32)28-18-4-5-19(24)20(15-18)36-23(25,26)27/h4-5,15,17,28H,2-3,6-14H2,1H3. The molecule has 2 aromatic rings. The highest BCUT2D eigenvalue weighted by atomic mass is 35.5. The lowest BCUT2D eigenvalue weighted by Crippen LogP contribution is -2.47. The Bertz CT molecular complexity index is 1020. The number of likely N-dealkylation sites (tertiary alicyclic amines) is 1. The normalized spacial score (nSPS) is 18.0. The van der Waals surface area contributed by atoms with Crippen LogP contribution in [0, 0.1) is 6.92 Å². The first kappa shape index (κ1) is 27.3. The van der Waals surface area contributed by atoms with E-state index in [-0.39, 0.29) is 33.6 Å². The van der Waals surface area contributed by atoms with Crippen molar-refractivity contribution in [2.75, 3.05) is 56.0 Å². The maximum Gasteiger partial charge on any atom is 0.446 e. The number of nitrogens with zero attached hydrogens (tertiary/aromatic N) is 5. The number of thioether (sulfide) groups is 1. The van der Waals surface area contributed by atoms with E-state index in [0.717, 1.165) is 62.1 Å². The van der Waals surface area contributed by atoms with Crippen molar-refractivity contribution in [1.82, 2.24) is 20.0 Å². The van der Waals surface area contributed by atoms with E-state index in [9.17, 15) is 18.0 Å². The lowest BCUT2D eigenvalue weighted by Gasteiger charge is -2.35. The third-order valence-corrected chi connectivity index (χ3v) is 8.53. The average Bonchev–Trinajstić information content (AvgIpc) is 3.27. The van der Waals surface area contributed by atoms with Crippen LogP contribution in [0.4, 0.5) is 24.0 Å². The Balaban J connectivity index is 1.14. The molecule has 0 unspecified atom stereocenters. The van der Waals surface area contributed by atoms with E-state index in [1.807, 2.05) is 11.8 Å². The molecule has 4 rings (SSSR count). The van der Waals surface area contributed by atoms with Gasteiger partial charge in [0.25, 0.3) is 0 Å². The molecule has 198 valence electrons. The van der Waals surface area contributed by atoms with E-state index in [4.69, 9.17) is 11.6 Å². The number of rotatable bonds is 8. The molecule has 1 aromatic carbocycles. The molecule has 0 bridgehead atoms. The molecule has 0 saturated carbocycles. The second kappa shape index (κ2) is 12.2. The van der Waals surface area contributed by atoms with Gasteiger partial charge in [0, 0.05) is 62.3 Å². The third kappa shape index (κ3) is 7.87. The minimum atomic E-state index is -4.39. The van der Waals surface area contributed by atoms with Crippen LogP contribution < -0.4 is 10.2 Å². The van der Waals surface area contributed by atoms with Gasteiger partial charge in [-0.15, -0.1) is 10.2 Å². The number of benzene rings is 1. The summed E-state index contributed by atoms with van der Waals surface area (Å²) >= 11 is 7.33. The van der Waals surface area contributed by atoms with E-state index < -0.39 is 5.51 Å². The second-order valence-electron chi connectivity index (χ2n) is 9.03. The number of alkyl halides is 3. The summed E-state index contributed by atoms with van der Waals surface area (Å²) in [4.78, 5) is 19.3. The number of piperazine rings is 1. The van der Waals surface area contributed by atoms with E-state index in [1.54, 1.807) is 17.4 Å². The highest BCUT2D eigenvalue weighted by molar-refractivity contribution is 8.00. The first-order valence-electron chi connectivity index (χ1n) is 12.0. The average molecular weight is 563 g/mol. The number of hydrogen-bond donors (Lipinski definition) is 1. The van der Waals surface area contributed by atoms with Gasteiger partial charge in [-0.3, -0.25) is 9.69 Å². The summed E-state index contributed by atoms with van der Waals surface area (Å²) < 4.78 is 38.2. The fourth-order valence-corrected chi connectivity index (χ4v) is 6.07. The molecule has 1 aromatic heterocycles. The van der Waals surface area contributed by atoms with Crippen molar-refractivity contribution in [2.45, 2.75) is 49.1 Å². The molecule has 13 heteroatoms. The van der Waals surface area contributed by atoms with Gasteiger partial charge in [-0.2, -0.15) is 13.2 Å². The first-order valence-corrected chi connectivity index (χ1v) is 14.0. The molecule has 0 spiro atoms. The summed E-state index contributed by atoms with van der Waals surface area (Å²) in [7, 11) is 0. The van der Waals surface area contributed by atoms with Crippen LogP contribution >= 0.6 is 34.7 Å². The number of nitrogens with one attached hydrogen (secondary N) is 1. The molecule has 0 atom stereocenters. The Morgan fingerprint density at radius 1 is 1.17 bits per heavy atom. The molecular formula is C23H30ClF3N6OS2. The van der Waals surface area contributed by atoms with Crippen molar-refractivity contribution in [3.8, 4) is 0 Å². The maximum atomic E-state index is 12.7. The third-order valence-electron chi connectivity index (χ3n) is 6.40. The van der Waals surface area contributed by atoms with Crippen molar-refractivity contribution in [2.24, 2.45) is 0 Å².